The van der Waals surface area contributed by atoms with E-state index in [1.165, 1.54) is 0 Å². The van der Waals surface area contributed by atoms with Gasteiger partial charge < -0.3 is 10.2 Å². The summed E-state index contributed by atoms with van der Waals surface area (Å²) in [5, 5.41) is 19.0. The number of rotatable bonds is 3. The van der Waals surface area contributed by atoms with E-state index in [0.717, 1.165) is 5.56 Å². The first kappa shape index (κ1) is 12.1. The smallest absolute Gasteiger partial charge is 0.118 e. The maximum absolute atomic E-state index is 9.64. The zero-order valence-corrected chi connectivity index (χ0v) is 9.70. The van der Waals surface area contributed by atoms with Crippen LogP contribution in [-0.4, -0.2) is 16.8 Å². The summed E-state index contributed by atoms with van der Waals surface area (Å²) < 4.78 is 0. The van der Waals surface area contributed by atoms with Crippen LogP contribution in [0.15, 0.2) is 24.3 Å². The quantitative estimate of drug-likeness (QED) is 0.801. The Hall–Kier alpha value is -1.02. The van der Waals surface area contributed by atoms with E-state index in [4.69, 9.17) is 0 Å². The molecule has 15 heavy (non-hydrogen) atoms. The molecular weight excluding hydrogens is 188 g/mol. The molecule has 0 aliphatic heterocycles. The van der Waals surface area contributed by atoms with Crippen LogP contribution in [0.2, 0.25) is 0 Å². The number of phenols is 1. The highest BCUT2D eigenvalue weighted by Gasteiger charge is 2.24. The van der Waals surface area contributed by atoms with E-state index >= 15 is 0 Å². The topological polar surface area (TPSA) is 40.5 Å². The first-order chi connectivity index (χ1) is 6.95. The molecule has 0 aliphatic carbocycles. The van der Waals surface area contributed by atoms with E-state index in [2.05, 4.69) is 20.8 Å². The lowest BCUT2D eigenvalue weighted by molar-refractivity contribution is 0.130. The van der Waals surface area contributed by atoms with E-state index in [1.807, 2.05) is 18.2 Å². The number of benzene rings is 1. The van der Waals surface area contributed by atoms with Crippen molar-refractivity contribution >= 4 is 0 Å². The van der Waals surface area contributed by atoms with E-state index in [1.54, 1.807) is 6.07 Å². The second kappa shape index (κ2) is 4.67. The minimum absolute atomic E-state index is 0.0526. The van der Waals surface area contributed by atoms with Gasteiger partial charge in [-0.25, -0.2) is 0 Å². The average Bonchev–Trinajstić information content (AvgIpc) is 2.14. The Bertz CT molecular complexity index is 313. The molecule has 0 aromatic heterocycles. The van der Waals surface area contributed by atoms with Crippen molar-refractivity contribution in [1.82, 2.24) is 0 Å². The zero-order chi connectivity index (χ0) is 11.5. The maximum atomic E-state index is 9.64. The molecule has 1 unspecified atom stereocenters. The van der Waals surface area contributed by atoms with Crippen molar-refractivity contribution < 1.29 is 10.2 Å². The van der Waals surface area contributed by atoms with Gasteiger partial charge in [0, 0.05) is 6.61 Å². The lowest BCUT2D eigenvalue weighted by Gasteiger charge is -2.29. The van der Waals surface area contributed by atoms with Crippen molar-refractivity contribution in [1.29, 1.82) is 0 Å². The van der Waals surface area contributed by atoms with Crippen molar-refractivity contribution in [2.75, 3.05) is 6.61 Å². The Morgan fingerprint density at radius 2 is 1.80 bits per heavy atom. The number of phenolic OH excluding ortho intramolecular Hbond substituents is 1. The van der Waals surface area contributed by atoms with Gasteiger partial charge >= 0.3 is 0 Å². The Balaban J connectivity index is 2.80. The van der Waals surface area contributed by atoms with Gasteiger partial charge in [0.25, 0.3) is 0 Å². The lowest BCUT2D eigenvalue weighted by atomic mass is 9.77. The summed E-state index contributed by atoms with van der Waals surface area (Å²) in [7, 11) is 0. The molecule has 2 nitrogen and oxygen atoms in total. The van der Waals surface area contributed by atoms with Crippen LogP contribution in [0.5, 0.6) is 5.75 Å². The van der Waals surface area contributed by atoms with Gasteiger partial charge in [0.15, 0.2) is 0 Å². The number of aliphatic hydroxyl groups is 1. The largest absolute Gasteiger partial charge is 0.508 e. The number of aromatic hydroxyl groups is 1. The van der Waals surface area contributed by atoms with Crippen molar-refractivity contribution in [2.45, 2.75) is 27.2 Å². The van der Waals surface area contributed by atoms with Gasteiger partial charge in [0.1, 0.15) is 5.75 Å². The Labute approximate surface area is 91.6 Å². The standard InChI is InChI=1S/C13H20O2/c1-13(2,3)11(9-14)8-10-6-4-5-7-12(10)15/h4-7,11,14-15H,8-9H2,1-3H3. The fraction of sp³-hybridized carbons (Fsp3) is 0.538. The van der Waals surface area contributed by atoms with E-state index < -0.39 is 0 Å². The molecule has 0 spiro atoms. The summed E-state index contributed by atoms with van der Waals surface area (Å²) in [4.78, 5) is 0. The number of para-hydroxylation sites is 1. The third-order valence-electron chi connectivity index (χ3n) is 2.90. The van der Waals surface area contributed by atoms with Gasteiger partial charge in [-0.1, -0.05) is 39.0 Å². The van der Waals surface area contributed by atoms with E-state index in [0.29, 0.717) is 12.2 Å². The van der Waals surface area contributed by atoms with Gasteiger partial charge in [-0.2, -0.15) is 0 Å². The first-order valence-corrected chi connectivity index (χ1v) is 5.33. The van der Waals surface area contributed by atoms with Crippen molar-refractivity contribution in [2.24, 2.45) is 11.3 Å². The Kier molecular flexibility index (Phi) is 3.75. The minimum atomic E-state index is 0.0526. The molecule has 1 atom stereocenters. The molecule has 0 bridgehead atoms. The molecule has 0 saturated carbocycles. The van der Waals surface area contributed by atoms with Crippen LogP contribution >= 0.6 is 0 Å². The van der Waals surface area contributed by atoms with Crippen LogP contribution < -0.4 is 0 Å². The Morgan fingerprint density at radius 3 is 2.27 bits per heavy atom. The second-order valence-electron chi connectivity index (χ2n) is 5.08. The molecule has 0 fully saturated rings. The Morgan fingerprint density at radius 1 is 1.20 bits per heavy atom. The summed E-state index contributed by atoms with van der Waals surface area (Å²) in [6, 6.07) is 7.31. The van der Waals surface area contributed by atoms with Crippen molar-refractivity contribution in [3.63, 3.8) is 0 Å². The highest BCUT2D eigenvalue weighted by atomic mass is 16.3. The molecule has 0 heterocycles. The van der Waals surface area contributed by atoms with Crippen LogP contribution in [-0.2, 0) is 6.42 Å². The molecule has 1 rings (SSSR count). The maximum Gasteiger partial charge on any atom is 0.118 e. The summed E-state index contributed by atoms with van der Waals surface area (Å²) in [5.74, 6) is 0.492. The van der Waals surface area contributed by atoms with E-state index in [9.17, 15) is 10.2 Å². The van der Waals surface area contributed by atoms with Gasteiger partial charge in [0.2, 0.25) is 0 Å². The molecular formula is C13H20O2. The molecule has 0 amide bonds. The van der Waals surface area contributed by atoms with Crippen LogP contribution in [0.4, 0.5) is 0 Å². The third kappa shape index (κ3) is 3.24. The number of aliphatic hydroxyl groups excluding tert-OH is 1. The van der Waals surface area contributed by atoms with Crippen LogP contribution in [0.3, 0.4) is 0 Å². The molecule has 0 saturated heterocycles. The predicted octanol–water partition coefficient (Wildman–Crippen LogP) is 2.59. The molecule has 84 valence electrons. The van der Waals surface area contributed by atoms with Gasteiger partial charge in [0.05, 0.1) is 0 Å². The molecule has 1 aromatic carbocycles. The first-order valence-electron chi connectivity index (χ1n) is 5.33. The molecule has 0 radical (unpaired) electrons. The summed E-state index contributed by atoms with van der Waals surface area (Å²) in [6.07, 6.45) is 0.715. The van der Waals surface area contributed by atoms with Crippen LogP contribution in [0.1, 0.15) is 26.3 Å². The van der Waals surface area contributed by atoms with Gasteiger partial charge in [-0.15, -0.1) is 0 Å². The molecule has 0 aliphatic rings. The second-order valence-corrected chi connectivity index (χ2v) is 5.08. The normalized spacial score (nSPS) is 13.9. The number of hydrogen-bond donors (Lipinski definition) is 2. The summed E-state index contributed by atoms with van der Waals surface area (Å²) in [6.45, 7) is 6.47. The third-order valence-corrected chi connectivity index (χ3v) is 2.90. The summed E-state index contributed by atoms with van der Waals surface area (Å²) in [5.41, 5.74) is 0.961. The van der Waals surface area contributed by atoms with Crippen molar-refractivity contribution in [3.8, 4) is 5.75 Å². The van der Waals surface area contributed by atoms with Gasteiger partial charge in [-0.05, 0) is 29.4 Å². The van der Waals surface area contributed by atoms with Crippen LogP contribution in [0, 0.1) is 11.3 Å². The highest BCUT2D eigenvalue weighted by Crippen LogP contribution is 2.30. The molecule has 1 aromatic rings. The van der Waals surface area contributed by atoms with E-state index in [-0.39, 0.29) is 17.9 Å². The highest BCUT2D eigenvalue weighted by molar-refractivity contribution is 5.32. The molecule has 2 heteroatoms. The van der Waals surface area contributed by atoms with Crippen LogP contribution in [0.25, 0.3) is 0 Å². The lowest BCUT2D eigenvalue weighted by Crippen LogP contribution is -2.26. The zero-order valence-electron chi connectivity index (χ0n) is 9.70. The average molecular weight is 208 g/mol. The fourth-order valence-corrected chi connectivity index (χ4v) is 1.59. The predicted molar refractivity (Wildman–Crippen MR) is 61.8 cm³/mol. The SMILES string of the molecule is CC(C)(C)C(CO)Cc1ccccc1O. The van der Waals surface area contributed by atoms with Gasteiger partial charge in [-0.3, -0.25) is 0 Å². The fourth-order valence-electron chi connectivity index (χ4n) is 1.59. The summed E-state index contributed by atoms with van der Waals surface area (Å²) >= 11 is 0. The molecule has 2 N–H and O–H groups in total. The van der Waals surface area contributed by atoms with Crippen molar-refractivity contribution in [3.05, 3.63) is 29.8 Å². The monoisotopic (exact) mass is 208 g/mol. The number of hydrogen-bond acceptors (Lipinski definition) is 2. The minimum Gasteiger partial charge on any atom is -0.508 e.